The van der Waals surface area contributed by atoms with Crippen LogP contribution in [0.2, 0.25) is 0 Å². The molecule has 0 fully saturated rings. The van der Waals surface area contributed by atoms with Gasteiger partial charge in [0, 0.05) is 5.88 Å². The second kappa shape index (κ2) is 5.26. The molecule has 14 heavy (non-hydrogen) atoms. The van der Waals surface area contributed by atoms with Crippen LogP contribution in [0.5, 0.6) is 5.75 Å². The fourth-order valence-corrected chi connectivity index (χ4v) is 1.44. The van der Waals surface area contributed by atoms with E-state index in [1.54, 1.807) is 0 Å². The van der Waals surface area contributed by atoms with Crippen molar-refractivity contribution in [2.45, 2.75) is 27.2 Å². The van der Waals surface area contributed by atoms with Crippen molar-refractivity contribution in [1.29, 1.82) is 0 Å². The van der Waals surface area contributed by atoms with Crippen molar-refractivity contribution in [3.05, 3.63) is 28.8 Å². The number of alkyl halides is 1. The van der Waals surface area contributed by atoms with Gasteiger partial charge in [-0.15, -0.1) is 11.6 Å². The van der Waals surface area contributed by atoms with Crippen molar-refractivity contribution < 1.29 is 4.74 Å². The zero-order valence-electron chi connectivity index (χ0n) is 9.06. The van der Waals surface area contributed by atoms with E-state index < -0.39 is 0 Å². The van der Waals surface area contributed by atoms with Crippen molar-refractivity contribution in [3.63, 3.8) is 0 Å². The molecular weight excluding hydrogens is 196 g/mol. The highest BCUT2D eigenvalue weighted by molar-refractivity contribution is 6.17. The summed E-state index contributed by atoms with van der Waals surface area (Å²) in [6.45, 7) is 6.99. The van der Waals surface area contributed by atoms with Gasteiger partial charge < -0.3 is 4.74 Å². The quantitative estimate of drug-likeness (QED) is 0.547. The second-order valence-corrected chi connectivity index (χ2v) is 3.97. The van der Waals surface area contributed by atoms with Crippen molar-refractivity contribution >= 4 is 11.6 Å². The summed E-state index contributed by atoms with van der Waals surface area (Å²) in [5.41, 5.74) is 3.78. The molecule has 0 aliphatic carbocycles. The first kappa shape index (κ1) is 11.4. The molecule has 2 heteroatoms. The summed E-state index contributed by atoms with van der Waals surface area (Å²) in [6.07, 6.45) is 0.897. The van der Waals surface area contributed by atoms with Crippen LogP contribution in [0, 0.1) is 20.8 Å². The third kappa shape index (κ3) is 2.91. The van der Waals surface area contributed by atoms with Gasteiger partial charge in [0.25, 0.3) is 0 Å². The molecule has 0 unspecified atom stereocenters. The lowest BCUT2D eigenvalue weighted by Crippen LogP contribution is -2.00. The first-order valence-corrected chi connectivity index (χ1v) is 5.45. The molecule has 1 rings (SSSR count). The fraction of sp³-hybridized carbons (Fsp3) is 0.500. The average molecular weight is 213 g/mol. The maximum atomic E-state index is 5.63. The minimum atomic E-state index is 0.657. The van der Waals surface area contributed by atoms with Crippen molar-refractivity contribution in [2.75, 3.05) is 12.5 Å². The molecule has 78 valence electrons. The van der Waals surface area contributed by atoms with Gasteiger partial charge in [0.05, 0.1) is 6.61 Å². The summed E-state index contributed by atoms with van der Waals surface area (Å²) in [7, 11) is 0. The largest absolute Gasteiger partial charge is 0.493 e. The number of hydrogen-bond acceptors (Lipinski definition) is 1. The van der Waals surface area contributed by atoms with E-state index in [4.69, 9.17) is 16.3 Å². The van der Waals surface area contributed by atoms with Gasteiger partial charge in [-0.3, -0.25) is 0 Å². The molecule has 0 N–H and O–H groups in total. The SMILES string of the molecule is Cc1cc(C)c(OCCCCl)cc1C. The van der Waals surface area contributed by atoms with Gasteiger partial charge in [-0.2, -0.15) is 0 Å². The Kier molecular flexibility index (Phi) is 4.27. The van der Waals surface area contributed by atoms with Crippen LogP contribution in [0.3, 0.4) is 0 Å². The van der Waals surface area contributed by atoms with Gasteiger partial charge in [0.1, 0.15) is 5.75 Å². The second-order valence-electron chi connectivity index (χ2n) is 3.59. The van der Waals surface area contributed by atoms with Crippen LogP contribution in [-0.2, 0) is 0 Å². The summed E-state index contributed by atoms with van der Waals surface area (Å²) in [6, 6.07) is 4.25. The lowest BCUT2D eigenvalue weighted by molar-refractivity contribution is 0.316. The van der Waals surface area contributed by atoms with Crippen LogP contribution >= 0.6 is 11.6 Å². The zero-order valence-corrected chi connectivity index (χ0v) is 9.82. The number of ether oxygens (including phenoxy) is 1. The van der Waals surface area contributed by atoms with E-state index in [0.717, 1.165) is 12.2 Å². The molecule has 1 aromatic carbocycles. The summed E-state index contributed by atoms with van der Waals surface area (Å²) >= 11 is 5.58. The molecule has 0 saturated heterocycles. The molecule has 0 heterocycles. The molecule has 0 aliphatic rings. The van der Waals surface area contributed by atoms with E-state index in [1.807, 2.05) is 0 Å². The standard InChI is InChI=1S/C12H17ClO/c1-9-7-11(3)12(8-10(9)2)14-6-4-5-13/h7-8H,4-6H2,1-3H3. The van der Waals surface area contributed by atoms with Crippen LogP contribution in [-0.4, -0.2) is 12.5 Å². The van der Waals surface area contributed by atoms with Gasteiger partial charge >= 0.3 is 0 Å². The van der Waals surface area contributed by atoms with Crippen molar-refractivity contribution in [1.82, 2.24) is 0 Å². The fourth-order valence-electron chi connectivity index (χ4n) is 1.33. The molecule has 0 saturated carbocycles. The number of benzene rings is 1. The highest BCUT2D eigenvalue weighted by Crippen LogP contribution is 2.22. The molecule has 0 bridgehead atoms. The lowest BCUT2D eigenvalue weighted by atomic mass is 10.1. The van der Waals surface area contributed by atoms with E-state index in [-0.39, 0.29) is 0 Å². The smallest absolute Gasteiger partial charge is 0.122 e. The number of aryl methyl sites for hydroxylation is 3. The van der Waals surface area contributed by atoms with Crippen molar-refractivity contribution in [3.8, 4) is 5.75 Å². The van der Waals surface area contributed by atoms with E-state index in [0.29, 0.717) is 12.5 Å². The molecular formula is C12H17ClO. The molecule has 0 amide bonds. The van der Waals surface area contributed by atoms with E-state index in [2.05, 4.69) is 32.9 Å². The predicted molar refractivity (Wildman–Crippen MR) is 61.5 cm³/mol. The molecule has 1 aromatic rings. The maximum absolute atomic E-state index is 5.63. The first-order chi connectivity index (χ1) is 6.65. The predicted octanol–water partition coefficient (Wildman–Crippen LogP) is 3.62. The molecule has 0 radical (unpaired) electrons. The van der Waals surface area contributed by atoms with Gasteiger partial charge in [-0.1, -0.05) is 6.07 Å². The van der Waals surface area contributed by atoms with Gasteiger partial charge in [0.2, 0.25) is 0 Å². The summed E-state index contributed by atoms with van der Waals surface area (Å²) < 4.78 is 5.63. The van der Waals surface area contributed by atoms with Crippen LogP contribution < -0.4 is 4.74 Å². The Balaban J connectivity index is 2.72. The molecule has 0 aliphatic heterocycles. The van der Waals surface area contributed by atoms with E-state index in [1.165, 1.54) is 16.7 Å². The van der Waals surface area contributed by atoms with Crippen LogP contribution in [0.15, 0.2) is 12.1 Å². The first-order valence-electron chi connectivity index (χ1n) is 4.91. The maximum Gasteiger partial charge on any atom is 0.122 e. The Morgan fingerprint density at radius 3 is 2.36 bits per heavy atom. The molecule has 0 atom stereocenters. The number of hydrogen-bond donors (Lipinski definition) is 0. The third-order valence-electron chi connectivity index (χ3n) is 2.33. The Bertz CT molecular complexity index is 307. The molecule has 1 nitrogen and oxygen atoms in total. The number of rotatable bonds is 4. The van der Waals surface area contributed by atoms with Crippen molar-refractivity contribution in [2.24, 2.45) is 0 Å². The van der Waals surface area contributed by atoms with Crippen LogP contribution in [0.4, 0.5) is 0 Å². The summed E-state index contributed by atoms with van der Waals surface area (Å²) in [5, 5.41) is 0. The van der Waals surface area contributed by atoms with E-state index >= 15 is 0 Å². The third-order valence-corrected chi connectivity index (χ3v) is 2.59. The Labute approximate surface area is 91.0 Å². The van der Waals surface area contributed by atoms with Gasteiger partial charge in [-0.25, -0.2) is 0 Å². The monoisotopic (exact) mass is 212 g/mol. The highest BCUT2D eigenvalue weighted by atomic mass is 35.5. The number of halogens is 1. The zero-order chi connectivity index (χ0) is 10.6. The normalized spacial score (nSPS) is 10.3. The molecule has 0 spiro atoms. The van der Waals surface area contributed by atoms with E-state index in [9.17, 15) is 0 Å². The topological polar surface area (TPSA) is 9.23 Å². The average Bonchev–Trinajstić information content (AvgIpc) is 2.14. The van der Waals surface area contributed by atoms with Crippen LogP contribution in [0.25, 0.3) is 0 Å². The highest BCUT2D eigenvalue weighted by Gasteiger charge is 2.02. The minimum Gasteiger partial charge on any atom is -0.493 e. The summed E-state index contributed by atoms with van der Waals surface area (Å²) in [5.74, 6) is 1.64. The Morgan fingerprint density at radius 2 is 1.71 bits per heavy atom. The summed E-state index contributed by atoms with van der Waals surface area (Å²) in [4.78, 5) is 0. The lowest BCUT2D eigenvalue weighted by Gasteiger charge is -2.11. The van der Waals surface area contributed by atoms with Gasteiger partial charge in [0.15, 0.2) is 0 Å². The Morgan fingerprint density at radius 1 is 1.07 bits per heavy atom. The van der Waals surface area contributed by atoms with Crippen LogP contribution in [0.1, 0.15) is 23.1 Å². The Hall–Kier alpha value is -0.690. The van der Waals surface area contributed by atoms with Gasteiger partial charge in [-0.05, 0) is 49.9 Å². The minimum absolute atomic E-state index is 0.657. The molecule has 0 aromatic heterocycles.